The van der Waals surface area contributed by atoms with Crippen molar-refractivity contribution in [2.24, 2.45) is 5.41 Å². The Bertz CT molecular complexity index is 164. The SMILES string of the molecule is C#CCC(C)(C)CC(C)NCCC. The molecule has 0 spiro atoms. The Labute approximate surface area is 83.3 Å². The summed E-state index contributed by atoms with van der Waals surface area (Å²) >= 11 is 0. The van der Waals surface area contributed by atoms with Gasteiger partial charge in [0.2, 0.25) is 0 Å². The van der Waals surface area contributed by atoms with Crippen LogP contribution in [0.4, 0.5) is 0 Å². The summed E-state index contributed by atoms with van der Waals surface area (Å²) in [4.78, 5) is 0. The fraction of sp³-hybridized carbons (Fsp3) is 0.833. The first-order valence-corrected chi connectivity index (χ1v) is 5.18. The van der Waals surface area contributed by atoms with Gasteiger partial charge < -0.3 is 5.32 Å². The van der Waals surface area contributed by atoms with Crippen LogP contribution in [-0.2, 0) is 0 Å². The third-order valence-electron chi connectivity index (χ3n) is 2.18. The number of hydrogen-bond acceptors (Lipinski definition) is 1. The van der Waals surface area contributed by atoms with Crippen LogP contribution in [0, 0.1) is 17.8 Å². The third kappa shape index (κ3) is 6.66. The van der Waals surface area contributed by atoms with E-state index in [9.17, 15) is 0 Å². The monoisotopic (exact) mass is 181 g/mol. The van der Waals surface area contributed by atoms with Gasteiger partial charge in [-0.15, -0.1) is 12.3 Å². The lowest BCUT2D eigenvalue weighted by molar-refractivity contribution is 0.296. The predicted octanol–water partition coefficient (Wildman–Crippen LogP) is 2.81. The zero-order valence-electron chi connectivity index (χ0n) is 9.48. The van der Waals surface area contributed by atoms with Crippen LogP contribution in [0.1, 0.15) is 47.0 Å². The summed E-state index contributed by atoms with van der Waals surface area (Å²) in [7, 11) is 0. The van der Waals surface area contributed by atoms with Gasteiger partial charge in [-0.25, -0.2) is 0 Å². The van der Waals surface area contributed by atoms with Gasteiger partial charge in [-0.2, -0.15) is 0 Å². The normalized spacial score (nSPS) is 13.8. The Morgan fingerprint density at radius 2 is 2.08 bits per heavy atom. The maximum atomic E-state index is 5.32. The number of terminal acetylenes is 1. The highest BCUT2D eigenvalue weighted by Crippen LogP contribution is 2.25. The zero-order chi connectivity index (χ0) is 10.3. The molecule has 0 saturated heterocycles. The van der Waals surface area contributed by atoms with Gasteiger partial charge in [-0.05, 0) is 31.7 Å². The van der Waals surface area contributed by atoms with Crippen molar-refractivity contribution in [3.05, 3.63) is 0 Å². The van der Waals surface area contributed by atoms with Crippen molar-refractivity contribution < 1.29 is 0 Å². The van der Waals surface area contributed by atoms with E-state index in [0.717, 1.165) is 19.4 Å². The van der Waals surface area contributed by atoms with Gasteiger partial charge in [-0.1, -0.05) is 20.8 Å². The van der Waals surface area contributed by atoms with E-state index in [-0.39, 0.29) is 5.41 Å². The molecule has 0 aromatic carbocycles. The Kier molecular flexibility index (Phi) is 5.82. The van der Waals surface area contributed by atoms with E-state index in [0.29, 0.717) is 6.04 Å². The smallest absolute Gasteiger partial charge is 0.0138 e. The van der Waals surface area contributed by atoms with Crippen molar-refractivity contribution in [1.29, 1.82) is 0 Å². The van der Waals surface area contributed by atoms with Crippen LogP contribution in [0.15, 0.2) is 0 Å². The van der Waals surface area contributed by atoms with E-state index < -0.39 is 0 Å². The zero-order valence-corrected chi connectivity index (χ0v) is 9.48. The van der Waals surface area contributed by atoms with Crippen molar-refractivity contribution in [2.45, 2.75) is 53.0 Å². The molecule has 0 saturated carbocycles. The van der Waals surface area contributed by atoms with Crippen molar-refractivity contribution >= 4 is 0 Å². The minimum absolute atomic E-state index is 0.273. The summed E-state index contributed by atoms with van der Waals surface area (Å²) in [5.74, 6) is 2.74. The molecule has 0 aromatic rings. The fourth-order valence-electron chi connectivity index (χ4n) is 1.64. The van der Waals surface area contributed by atoms with Crippen LogP contribution < -0.4 is 5.32 Å². The van der Waals surface area contributed by atoms with E-state index in [2.05, 4.69) is 38.9 Å². The lowest BCUT2D eigenvalue weighted by Crippen LogP contribution is -2.31. The Morgan fingerprint density at radius 1 is 1.46 bits per heavy atom. The van der Waals surface area contributed by atoms with Crippen LogP contribution >= 0.6 is 0 Å². The topological polar surface area (TPSA) is 12.0 Å². The minimum Gasteiger partial charge on any atom is -0.314 e. The number of nitrogens with one attached hydrogen (secondary N) is 1. The van der Waals surface area contributed by atoms with Gasteiger partial charge in [0.15, 0.2) is 0 Å². The van der Waals surface area contributed by atoms with Crippen molar-refractivity contribution in [3.63, 3.8) is 0 Å². The predicted molar refractivity (Wildman–Crippen MR) is 59.6 cm³/mol. The molecule has 0 radical (unpaired) electrons. The van der Waals surface area contributed by atoms with Gasteiger partial charge >= 0.3 is 0 Å². The summed E-state index contributed by atoms with van der Waals surface area (Å²) in [5.41, 5.74) is 0.273. The summed E-state index contributed by atoms with van der Waals surface area (Å²) < 4.78 is 0. The fourth-order valence-corrected chi connectivity index (χ4v) is 1.64. The quantitative estimate of drug-likeness (QED) is 0.621. The second-order valence-electron chi connectivity index (χ2n) is 4.60. The van der Waals surface area contributed by atoms with E-state index in [4.69, 9.17) is 6.42 Å². The summed E-state index contributed by atoms with van der Waals surface area (Å²) in [5, 5.41) is 3.48. The van der Waals surface area contributed by atoms with Gasteiger partial charge in [0.05, 0.1) is 0 Å². The van der Waals surface area contributed by atoms with Crippen molar-refractivity contribution in [2.75, 3.05) is 6.54 Å². The molecule has 0 bridgehead atoms. The first-order chi connectivity index (χ1) is 6.02. The summed E-state index contributed by atoms with van der Waals surface area (Å²) in [6, 6.07) is 0.572. The molecule has 13 heavy (non-hydrogen) atoms. The molecule has 1 nitrogen and oxygen atoms in total. The first-order valence-electron chi connectivity index (χ1n) is 5.18. The van der Waals surface area contributed by atoms with Gasteiger partial charge in [-0.3, -0.25) is 0 Å². The van der Waals surface area contributed by atoms with Crippen LogP contribution in [0.5, 0.6) is 0 Å². The van der Waals surface area contributed by atoms with Crippen LogP contribution in [0.3, 0.4) is 0 Å². The minimum atomic E-state index is 0.273. The second-order valence-corrected chi connectivity index (χ2v) is 4.60. The molecule has 0 aliphatic carbocycles. The van der Waals surface area contributed by atoms with E-state index >= 15 is 0 Å². The van der Waals surface area contributed by atoms with E-state index in [1.54, 1.807) is 0 Å². The molecule has 0 amide bonds. The molecule has 0 aromatic heterocycles. The largest absolute Gasteiger partial charge is 0.314 e. The van der Waals surface area contributed by atoms with Crippen molar-refractivity contribution in [3.8, 4) is 12.3 Å². The number of rotatable bonds is 6. The average molecular weight is 181 g/mol. The molecule has 1 unspecified atom stereocenters. The highest BCUT2D eigenvalue weighted by molar-refractivity contribution is 4.91. The molecule has 1 atom stereocenters. The summed E-state index contributed by atoms with van der Waals surface area (Å²) in [6.07, 6.45) is 8.53. The molecular weight excluding hydrogens is 158 g/mol. The van der Waals surface area contributed by atoms with Crippen molar-refractivity contribution in [1.82, 2.24) is 5.32 Å². The van der Waals surface area contributed by atoms with Gasteiger partial charge in [0.1, 0.15) is 0 Å². The molecule has 0 aliphatic heterocycles. The average Bonchev–Trinajstić information content (AvgIpc) is 1.99. The molecule has 76 valence electrons. The standard InChI is InChI=1S/C12H23N/c1-6-8-12(4,5)10-11(3)13-9-7-2/h1,11,13H,7-10H2,2-5H3. The molecule has 0 heterocycles. The highest BCUT2D eigenvalue weighted by Gasteiger charge is 2.19. The van der Waals surface area contributed by atoms with Gasteiger partial charge in [0.25, 0.3) is 0 Å². The lowest BCUT2D eigenvalue weighted by Gasteiger charge is -2.26. The summed E-state index contributed by atoms with van der Waals surface area (Å²) in [6.45, 7) is 9.99. The molecule has 0 rings (SSSR count). The Balaban J connectivity index is 3.76. The highest BCUT2D eigenvalue weighted by atomic mass is 14.9. The van der Waals surface area contributed by atoms with Gasteiger partial charge in [0, 0.05) is 12.5 Å². The van der Waals surface area contributed by atoms with Crippen LogP contribution in [0.25, 0.3) is 0 Å². The maximum absolute atomic E-state index is 5.32. The van der Waals surface area contributed by atoms with Crippen LogP contribution in [-0.4, -0.2) is 12.6 Å². The maximum Gasteiger partial charge on any atom is 0.0138 e. The van der Waals surface area contributed by atoms with E-state index in [1.807, 2.05) is 0 Å². The second kappa shape index (κ2) is 6.05. The first kappa shape index (κ1) is 12.5. The molecule has 0 fully saturated rings. The Morgan fingerprint density at radius 3 is 2.54 bits per heavy atom. The molecule has 0 aliphatic rings. The lowest BCUT2D eigenvalue weighted by atomic mass is 9.83. The molecular formula is C12H23N. The number of hydrogen-bond donors (Lipinski definition) is 1. The third-order valence-corrected chi connectivity index (χ3v) is 2.18. The van der Waals surface area contributed by atoms with Crippen LogP contribution in [0.2, 0.25) is 0 Å². The molecule has 1 heteroatoms. The Hall–Kier alpha value is -0.480. The van der Waals surface area contributed by atoms with E-state index in [1.165, 1.54) is 6.42 Å². The molecule has 1 N–H and O–H groups in total.